The van der Waals surface area contributed by atoms with E-state index in [2.05, 4.69) is 25.8 Å². The molecule has 4 rings (SSSR count). The van der Waals surface area contributed by atoms with E-state index in [0.29, 0.717) is 25.3 Å². The predicted molar refractivity (Wildman–Crippen MR) is 99.6 cm³/mol. The van der Waals surface area contributed by atoms with Crippen molar-refractivity contribution >= 4 is 16.7 Å². The first-order chi connectivity index (χ1) is 12.8. The lowest BCUT2D eigenvalue weighted by molar-refractivity contribution is 0.123. The summed E-state index contributed by atoms with van der Waals surface area (Å²) in [5.74, 6) is 0. The number of morpholine rings is 1. The van der Waals surface area contributed by atoms with Gasteiger partial charge < -0.3 is 19.5 Å². The van der Waals surface area contributed by atoms with Crippen molar-refractivity contribution in [3.8, 4) is 17.2 Å². The van der Waals surface area contributed by atoms with Gasteiger partial charge in [0.1, 0.15) is 5.65 Å². The Morgan fingerprint density at radius 3 is 2.96 bits per heavy atom. The molecule has 1 N–H and O–H groups in total. The van der Waals surface area contributed by atoms with E-state index >= 15 is 0 Å². The van der Waals surface area contributed by atoms with E-state index in [-0.39, 0.29) is 0 Å². The van der Waals surface area contributed by atoms with Gasteiger partial charge in [-0.05, 0) is 17.7 Å². The van der Waals surface area contributed by atoms with Gasteiger partial charge in [-0.15, -0.1) is 0 Å². The minimum atomic E-state index is 0.290. The van der Waals surface area contributed by atoms with Crippen LogP contribution in [0.5, 0.6) is 0 Å². The first-order valence-corrected chi connectivity index (χ1v) is 8.47. The topological polar surface area (TPSA) is 69.3 Å². The van der Waals surface area contributed by atoms with Gasteiger partial charge in [0.15, 0.2) is 0 Å². The zero-order chi connectivity index (χ0) is 17.9. The number of ether oxygens (including phenoxy) is 1. The Morgan fingerprint density at radius 1 is 1.35 bits per heavy atom. The fourth-order valence-corrected chi connectivity index (χ4v) is 3.45. The van der Waals surface area contributed by atoms with Crippen molar-refractivity contribution in [2.45, 2.75) is 6.54 Å². The van der Waals surface area contributed by atoms with E-state index in [1.165, 1.54) is 0 Å². The Balaban J connectivity index is 1.96. The first kappa shape index (κ1) is 16.1. The molecule has 0 radical (unpaired) electrons. The third kappa shape index (κ3) is 2.77. The number of H-pyrrole nitrogens is 1. The number of anilines is 1. The van der Waals surface area contributed by atoms with E-state index in [0.717, 1.165) is 46.5 Å². The number of pyridine rings is 1. The Bertz CT molecular complexity index is 1030. The Hall–Kier alpha value is -3.35. The molecular formula is C20H17N5O. The normalized spacial score (nSPS) is 14.2. The molecule has 26 heavy (non-hydrogen) atoms. The van der Waals surface area contributed by atoms with Crippen molar-refractivity contribution in [1.82, 2.24) is 9.97 Å². The van der Waals surface area contributed by atoms with Crippen molar-refractivity contribution in [1.29, 1.82) is 5.26 Å². The average Bonchev–Trinajstić information content (AvgIpc) is 3.13. The molecule has 0 bridgehead atoms. The number of benzene rings is 1. The van der Waals surface area contributed by atoms with Crippen LogP contribution in [0, 0.1) is 17.9 Å². The number of rotatable bonds is 3. The SMILES string of the molecule is [C-]#[N+]Cc1cnc2[nH]cc(-c3cccc(C#N)c3)c2c1N1CCOCC1. The van der Waals surface area contributed by atoms with Crippen LogP contribution >= 0.6 is 0 Å². The number of nitriles is 1. The highest BCUT2D eigenvalue weighted by molar-refractivity contribution is 6.03. The summed E-state index contributed by atoms with van der Waals surface area (Å²) in [6, 6.07) is 9.75. The van der Waals surface area contributed by atoms with E-state index in [1.807, 2.05) is 24.4 Å². The van der Waals surface area contributed by atoms with Crippen molar-refractivity contribution in [3.05, 3.63) is 59.2 Å². The molecule has 3 heterocycles. The zero-order valence-electron chi connectivity index (χ0n) is 14.2. The van der Waals surface area contributed by atoms with E-state index < -0.39 is 0 Å². The van der Waals surface area contributed by atoms with Gasteiger partial charge in [-0.3, -0.25) is 0 Å². The molecule has 0 spiro atoms. The third-order valence-corrected chi connectivity index (χ3v) is 4.63. The van der Waals surface area contributed by atoms with Crippen molar-refractivity contribution in [3.63, 3.8) is 0 Å². The standard InChI is InChI=1S/C20H17N5O/c1-22-11-16-12-23-20-18(19(16)25-5-7-26-8-6-25)17(13-24-20)15-4-2-3-14(9-15)10-21/h2-4,9,12-13H,5-8,11H2,(H,23,24). The smallest absolute Gasteiger partial charge is 0.243 e. The summed E-state index contributed by atoms with van der Waals surface area (Å²) in [6.07, 6.45) is 3.72. The molecule has 128 valence electrons. The first-order valence-electron chi connectivity index (χ1n) is 8.47. The summed E-state index contributed by atoms with van der Waals surface area (Å²) in [6.45, 7) is 10.5. The zero-order valence-corrected chi connectivity index (χ0v) is 14.2. The van der Waals surface area contributed by atoms with Gasteiger partial charge in [-0.2, -0.15) is 5.26 Å². The molecule has 2 aromatic heterocycles. The van der Waals surface area contributed by atoms with E-state index in [4.69, 9.17) is 11.3 Å². The largest absolute Gasteiger partial charge is 0.378 e. The number of aromatic amines is 1. The Kier molecular flexibility index (Phi) is 4.27. The maximum Gasteiger partial charge on any atom is 0.243 e. The minimum Gasteiger partial charge on any atom is -0.378 e. The van der Waals surface area contributed by atoms with Gasteiger partial charge in [-0.25, -0.2) is 11.6 Å². The van der Waals surface area contributed by atoms with Gasteiger partial charge >= 0.3 is 0 Å². The van der Waals surface area contributed by atoms with Gasteiger partial charge in [0.05, 0.1) is 41.5 Å². The molecule has 1 aliphatic rings. The van der Waals surface area contributed by atoms with Crippen LogP contribution in [0.2, 0.25) is 0 Å². The number of fused-ring (bicyclic) bond motifs is 1. The van der Waals surface area contributed by atoms with E-state index in [9.17, 15) is 5.26 Å². The quantitative estimate of drug-likeness (QED) is 0.741. The monoisotopic (exact) mass is 343 g/mol. The molecule has 6 heteroatoms. The van der Waals surface area contributed by atoms with Gasteiger partial charge in [0.2, 0.25) is 6.54 Å². The fraction of sp³-hybridized carbons (Fsp3) is 0.250. The lowest BCUT2D eigenvalue weighted by Gasteiger charge is -2.30. The van der Waals surface area contributed by atoms with Crippen LogP contribution in [0.4, 0.5) is 5.69 Å². The Morgan fingerprint density at radius 2 is 2.19 bits per heavy atom. The number of nitrogens with one attached hydrogen (secondary N) is 1. The summed E-state index contributed by atoms with van der Waals surface area (Å²) < 4.78 is 5.50. The van der Waals surface area contributed by atoms with Crippen LogP contribution in [0.3, 0.4) is 0 Å². The van der Waals surface area contributed by atoms with Crippen LogP contribution in [-0.2, 0) is 11.3 Å². The molecule has 0 amide bonds. The molecular weight excluding hydrogens is 326 g/mol. The highest BCUT2D eigenvalue weighted by Gasteiger charge is 2.23. The van der Waals surface area contributed by atoms with Crippen LogP contribution in [0.15, 0.2) is 36.7 Å². The molecule has 1 fully saturated rings. The molecule has 1 saturated heterocycles. The highest BCUT2D eigenvalue weighted by Crippen LogP contribution is 2.38. The Labute approximate surface area is 151 Å². The van der Waals surface area contributed by atoms with Crippen LogP contribution in [0.25, 0.3) is 27.0 Å². The second-order valence-corrected chi connectivity index (χ2v) is 6.17. The fourth-order valence-electron chi connectivity index (χ4n) is 3.45. The lowest BCUT2D eigenvalue weighted by atomic mass is 10.0. The van der Waals surface area contributed by atoms with E-state index in [1.54, 1.807) is 12.3 Å². The summed E-state index contributed by atoms with van der Waals surface area (Å²) in [5.41, 5.74) is 5.34. The van der Waals surface area contributed by atoms with Crippen LogP contribution in [-0.4, -0.2) is 36.3 Å². The summed E-state index contributed by atoms with van der Waals surface area (Å²) in [7, 11) is 0. The molecule has 0 saturated carbocycles. The molecule has 1 aromatic carbocycles. The van der Waals surface area contributed by atoms with Crippen LogP contribution < -0.4 is 4.90 Å². The average molecular weight is 343 g/mol. The summed E-state index contributed by atoms with van der Waals surface area (Å²) in [5, 5.41) is 10.2. The second-order valence-electron chi connectivity index (χ2n) is 6.17. The molecule has 0 unspecified atom stereocenters. The predicted octanol–water partition coefficient (Wildman–Crippen LogP) is 3.36. The lowest BCUT2D eigenvalue weighted by Crippen LogP contribution is -2.37. The number of hydrogen-bond donors (Lipinski definition) is 1. The third-order valence-electron chi connectivity index (χ3n) is 4.63. The molecule has 6 nitrogen and oxygen atoms in total. The summed E-state index contributed by atoms with van der Waals surface area (Å²) in [4.78, 5) is 13.6. The second kappa shape index (κ2) is 6.87. The van der Waals surface area contributed by atoms with Crippen molar-refractivity contribution < 1.29 is 4.74 Å². The van der Waals surface area contributed by atoms with Crippen molar-refractivity contribution in [2.24, 2.45) is 0 Å². The summed E-state index contributed by atoms with van der Waals surface area (Å²) >= 11 is 0. The molecule has 0 aliphatic carbocycles. The minimum absolute atomic E-state index is 0.290. The molecule has 3 aromatic rings. The van der Waals surface area contributed by atoms with Gasteiger partial charge in [-0.1, -0.05) is 12.1 Å². The highest BCUT2D eigenvalue weighted by atomic mass is 16.5. The maximum atomic E-state index is 9.22. The van der Waals surface area contributed by atoms with Gasteiger partial charge in [0.25, 0.3) is 0 Å². The van der Waals surface area contributed by atoms with Crippen molar-refractivity contribution in [2.75, 3.05) is 31.2 Å². The maximum absolute atomic E-state index is 9.22. The molecule has 1 aliphatic heterocycles. The van der Waals surface area contributed by atoms with Crippen LogP contribution in [0.1, 0.15) is 11.1 Å². The van der Waals surface area contributed by atoms with Gasteiger partial charge in [0, 0.05) is 31.0 Å². The number of aromatic nitrogens is 2. The number of nitrogens with zero attached hydrogens (tertiary/aromatic N) is 4. The molecule has 0 atom stereocenters. The number of hydrogen-bond acceptors (Lipinski definition) is 4.